The molecule has 0 aromatic rings. The Morgan fingerprint density at radius 3 is 1.44 bits per heavy atom. The van der Waals surface area contributed by atoms with Crippen LogP contribution in [0.2, 0.25) is 12.6 Å². The maximum Gasteiger partial charge on any atom is 0.457 e. The van der Waals surface area contributed by atoms with E-state index in [1.54, 1.807) is 0 Å². The zero-order valence-corrected chi connectivity index (χ0v) is 12.4. The van der Waals surface area contributed by atoms with Gasteiger partial charge >= 0.3 is 14.2 Å². The third-order valence-electron chi connectivity index (χ3n) is 4.67. The van der Waals surface area contributed by atoms with Crippen molar-refractivity contribution in [1.29, 1.82) is 0 Å². The third-order valence-corrected chi connectivity index (χ3v) is 4.67. The lowest BCUT2D eigenvalue weighted by atomic mass is 9.66. The van der Waals surface area contributed by atoms with E-state index in [1.807, 2.05) is 0 Å². The summed E-state index contributed by atoms with van der Waals surface area (Å²) in [5.41, 5.74) is -0.950. The van der Waals surface area contributed by atoms with Crippen LogP contribution in [0, 0.1) is 0 Å². The zero-order chi connectivity index (χ0) is 13.6. The van der Waals surface area contributed by atoms with Crippen LogP contribution in [0.1, 0.15) is 41.5 Å². The fourth-order valence-electron chi connectivity index (χ4n) is 2.91. The molecule has 2 heterocycles. The average molecular weight is 254 g/mol. The Labute approximate surface area is 111 Å². The second-order valence-electron chi connectivity index (χ2n) is 5.68. The molecule has 2 aliphatic heterocycles. The molecule has 2 rings (SSSR count). The summed E-state index contributed by atoms with van der Waals surface area (Å²) in [7, 11) is -0.350. The van der Waals surface area contributed by atoms with E-state index in [0.29, 0.717) is 0 Å². The second kappa shape index (κ2) is 4.82. The summed E-state index contributed by atoms with van der Waals surface area (Å²) in [6.45, 7) is 12.4. The lowest BCUT2D eigenvalue weighted by Gasteiger charge is -2.60. The first-order valence-electron chi connectivity index (χ1n) is 7.04. The molecule has 0 spiro atoms. The van der Waals surface area contributed by atoms with Crippen LogP contribution in [0.25, 0.3) is 0 Å². The van der Waals surface area contributed by atoms with Gasteiger partial charge in [0.25, 0.3) is 0 Å². The van der Waals surface area contributed by atoms with Crippen molar-refractivity contribution < 1.29 is 18.6 Å². The molecule has 6 heteroatoms. The summed E-state index contributed by atoms with van der Waals surface area (Å²) in [5, 5.41) is 0. The number of rotatable bonds is 2. The Morgan fingerprint density at radius 1 is 0.833 bits per heavy atom. The monoisotopic (exact) mass is 254 g/mol. The summed E-state index contributed by atoms with van der Waals surface area (Å²) in [6.07, 6.45) is 1.64. The van der Waals surface area contributed by atoms with Gasteiger partial charge in [-0.15, -0.1) is 0 Å². The molecule has 0 aromatic heterocycles. The van der Waals surface area contributed by atoms with Gasteiger partial charge in [0.05, 0.1) is 12.2 Å². The van der Waals surface area contributed by atoms with Crippen LogP contribution in [0.5, 0.6) is 0 Å². The Kier molecular flexibility index (Phi) is 3.85. The molecular formula is C12H24B2O4. The molecule has 2 aliphatic rings. The fraction of sp³-hybridized carbons (Fsp3) is 1.00. The lowest BCUT2D eigenvalue weighted by molar-refractivity contribution is -0.253. The normalized spacial score (nSPS) is 45.0. The van der Waals surface area contributed by atoms with Crippen molar-refractivity contribution >= 4 is 14.2 Å². The van der Waals surface area contributed by atoms with Gasteiger partial charge in [0, 0.05) is 0 Å². The molecule has 2 fully saturated rings. The van der Waals surface area contributed by atoms with Gasteiger partial charge < -0.3 is 18.6 Å². The van der Waals surface area contributed by atoms with Crippen LogP contribution in [-0.2, 0) is 18.6 Å². The molecule has 4 atom stereocenters. The first-order valence-corrected chi connectivity index (χ1v) is 7.04. The van der Waals surface area contributed by atoms with Crippen molar-refractivity contribution in [3.63, 3.8) is 0 Å². The van der Waals surface area contributed by atoms with Crippen LogP contribution in [-0.4, -0.2) is 37.6 Å². The molecule has 2 saturated heterocycles. The van der Waals surface area contributed by atoms with Gasteiger partial charge in [0.2, 0.25) is 0 Å². The smallest absolute Gasteiger partial charge is 0.406 e. The van der Waals surface area contributed by atoms with E-state index in [0.717, 1.165) is 12.6 Å². The summed E-state index contributed by atoms with van der Waals surface area (Å²) in [4.78, 5) is 0. The topological polar surface area (TPSA) is 36.9 Å². The van der Waals surface area contributed by atoms with E-state index in [-0.39, 0.29) is 26.4 Å². The van der Waals surface area contributed by atoms with Crippen molar-refractivity contribution in [2.45, 2.75) is 77.6 Å². The summed E-state index contributed by atoms with van der Waals surface area (Å²) >= 11 is 0. The highest BCUT2D eigenvalue weighted by atomic mass is 16.7. The van der Waals surface area contributed by atoms with Gasteiger partial charge in [0.15, 0.2) is 0 Å². The molecule has 4 unspecified atom stereocenters. The summed E-state index contributed by atoms with van der Waals surface area (Å²) < 4.78 is 24.1. The second-order valence-corrected chi connectivity index (χ2v) is 5.68. The molecule has 4 nitrogen and oxygen atoms in total. The van der Waals surface area contributed by atoms with E-state index in [2.05, 4.69) is 41.5 Å². The number of hydrogen-bond acceptors (Lipinski definition) is 4. The van der Waals surface area contributed by atoms with Gasteiger partial charge in [-0.2, -0.15) is 0 Å². The molecule has 0 aliphatic carbocycles. The van der Waals surface area contributed by atoms with Crippen LogP contribution in [0.4, 0.5) is 0 Å². The van der Waals surface area contributed by atoms with Crippen molar-refractivity contribution in [2.24, 2.45) is 0 Å². The van der Waals surface area contributed by atoms with Crippen molar-refractivity contribution in [3.05, 3.63) is 0 Å². The van der Waals surface area contributed by atoms with Crippen LogP contribution >= 0.6 is 0 Å². The highest BCUT2D eigenvalue weighted by Gasteiger charge is 2.63. The zero-order valence-electron chi connectivity index (χ0n) is 12.4. The van der Waals surface area contributed by atoms with Crippen LogP contribution < -0.4 is 0 Å². The summed E-state index contributed by atoms with van der Waals surface area (Å²) in [5.74, 6) is 0. The minimum atomic E-state index is -0.475. The Balaban J connectivity index is 2.31. The van der Waals surface area contributed by atoms with Gasteiger partial charge in [-0.05, 0) is 40.3 Å². The average Bonchev–Trinajstić information content (AvgIpc) is 2.33. The third kappa shape index (κ3) is 1.94. The molecule has 18 heavy (non-hydrogen) atoms. The standard InChI is InChI=1S/C12H24B2O4/c1-7-13-15-9(3)12(6)11(5,17-13)10(4)16-14(8-2)18-12/h9-10H,7-8H2,1-6H3. The first-order chi connectivity index (χ1) is 8.37. The largest absolute Gasteiger partial charge is 0.457 e. The maximum absolute atomic E-state index is 6.13. The molecular weight excluding hydrogens is 230 g/mol. The Bertz CT molecular complexity index is 286. The quantitative estimate of drug-likeness (QED) is 0.709. The van der Waals surface area contributed by atoms with Gasteiger partial charge in [-0.1, -0.05) is 13.8 Å². The first kappa shape index (κ1) is 14.4. The molecule has 0 saturated carbocycles. The fourth-order valence-corrected chi connectivity index (χ4v) is 2.91. The van der Waals surface area contributed by atoms with Gasteiger partial charge in [0.1, 0.15) is 11.2 Å². The van der Waals surface area contributed by atoms with E-state index in [4.69, 9.17) is 18.6 Å². The molecule has 0 radical (unpaired) electrons. The van der Waals surface area contributed by atoms with E-state index >= 15 is 0 Å². The predicted molar refractivity (Wildman–Crippen MR) is 72.5 cm³/mol. The van der Waals surface area contributed by atoms with Crippen LogP contribution in [0.15, 0.2) is 0 Å². The molecule has 0 N–H and O–H groups in total. The molecule has 0 aromatic carbocycles. The Morgan fingerprint density at radius 2 is 1.17 bits per heavy atom. The molecule has 102 valence electrons. The number of hydrogen-bond donors (Lipinski definition) is 0. The number of fused-ring (bicyclic) bond motifs is 1. The molecule has 0 bridgehead atoms. The lowest BCUT2D eigenvalue weighted by Crippen LogP contribution is -2.75. The highest BCUT2D eigenvalue weighted by molar-refractivity contribution is 6.46. The van der Waals surface area contributed by atoms with E-state index in [9.17, 15) is 0 Å². The maximum atomic E-state index is 6.13. The van der Waals surface area contributed by atoms with Crippen molar-refractivity contribution in [2.75, 3.05) is 0 Å². The minimum absolute atomic E-state index is 0.0124. The summed E-state index contributed by atoms with van der Waals surface area (Å²) in [6, 6.07) is 0. The highest BCUT2D eigenvalue weighted by Crippen LogP contribution is 2.46. The van der Waals surface area contributed by atoms with E-state index in [1.165, 1.54) is 0 Å². The van der Waals surface area contributed by atoms with Crippen molar-refractivity contribution in [3.8, 4) is 0 Å². The van der Waals surface area contributed by atoms with Gasteiger partial charge in [-0.3, -0.25) is 0 Å². The van der Waals surface area contributed by atoms with E-state index < -0.39 is 11.2 Å². The minimum Gasteiger partial charge on any atom is -0.406 e. The van der Waals surface area contributed by atoms with Crippen LogP contribution in [0.3, 0.4) is 0 Å². The molecule has 0 amide bonds. The Hall–Kier alpha value is -0.0301. The van der Waals surface area contributed by atoms with Gasteiger partial charge in [-0.25, -0.2) is 0 Å². The van der Waals surface area contributed by atoms with Crippen molar-refractivity contribution in [1.82, 2.24) is 0 Å². The SMILES string of the molecule is CCB1OC(C)C2(C)OB(CC)OC(C)C2(C)O1. The predicted octanol–water partition coefficient (Wildman–Crippen LogP) is 2.39.